The number of nitrogens with one attached hydrogen (secondary N) is 2. The maximum atomic E-state index is 12.9. The van der Waals surface area contributed by atoms with Gasteiger partial charge in [0.25, 0.3) is 0 Å². The number of benzene rings is 2. The molecule has 148 valence electrons. The lowest BCUT2D eigenvalue weighted by Gasteiger charge is -2.27. The molecule has 0 fully saturated rings. The van der Waals surface area contributed by atoms with Gasteiger partial charge in [0.2, 0.25) is 11.8 Å². The fourth-order valence-corrected chi connectivity index (χ4v) is 3.88. The van der Waals surface area contributed by atoms with Gasteiger partial charge in [0, 0.05) is 22.1 Å². The van der Waals surface area contributed by atoms with Gasteiger partial charge in [0.15, 0.2) is 0 Å². The summed E-state index contributed by atoms with van der Waals surface area (Å²) in [5.41, 5.74) is 1.47. The number of carbonyl (C=O) groups is 2. The lowest BCUT2D eigenvalue weighted by Crippen LogP contribution is -2.37. The van der Waals surface area contributed by atoms with Crippen molar-refractivity contribution in [2.45, 2.75) is 24.6 Å². The third-order valence-electron chi connectivity index (χ3n) is 4.29. The van der Waals surface area contributed by atoms with Crippen molar-refractivity contribution in [3.8, 4) is 5.75 Å². The maximum Gasteiger partial charge on any atom is 0.234 e. The van der Waals surface area contributed by atoms with E-state index >= 15 is 0 Å². The van der Waals surface area contributed by atoms with E-state index in [1.54, 1.807) is 6.92 Å². The monoisotopic (exact) mass is 466 g/mol. The molecule has 3 rings (SSSR count). The van der Waals surface area contributed by atoms with E-state index in [9.17, 15) is 14.0 Å². The van der Waals surface area contributed by atoms with Gasteiger partial charge >= 0.3 is 0 Å². The molecule has 0 saturated heterocycles. The molecular formula is C20H20BrFN2O3S. The van der Waals surface area contributed by atoms with Gasteiger partial charge in [-0.3, -0.25) is 9.59 Å². The molecule has 5 nitrogen and oxygen atoms in total. The minimum absolute atomic E-state index is 0.121. The molecule has 0 aliphatic carbocycles. The molecule has 0 spiro atoms. The topological polar surface area (TPSA) is 67.4 Å². The third-order valence-corrected chi connectivity index (χ3v) is 5.93. The van der Waals surface area contributed by atoms with Crippen LogP contribution in [-0.4, -0.2) is 29.4 Å². The molecule has 1 heterocycles. The second-order valence-corrected chi connectivity index (χ2v) is 8.63. The van der Waals surface area contributed by atoms with Crippen molar-refractivity contribution in [2.75, 3.05) is 17.7 Å². The Bertz CT molecular complexity index is 863. The van der Waals surface area contributed by atoms with Gasteiger partial charge < -0.3 is 15.4 Å². The number of amides is 2. The Labute approximate surface area is 175 Å². The fraction of sp³-hybridized carbons (Fsp3) is 0.300. The second kappa shape index (κ2) is 9.43. The zero-order valence-electron chi connectivity index (χ0n) is 15.2. The molecule has 2 N–H and O–H groups in total. The lowest BCUT2D eigenvalue weighted by molar-refractivity contribution is -0.121. The number of rotatable bonds is 6. The molecule has 1 aliphatic heterocycles. The average molecular weight is 467 g/mol. The standard InChI is InChI=1S/C20H20BrFN2O3S/c1-12(28-11-19(25)23-15-5-3-14(22)4-6-15)20(26)24-17-8-9-27-18-7-2-13(21)10-16(17)18/h2-7,10,12,17H,8-9,11H2,1H3,(H,23,25)(H,24,26). The molecule has 28 heavy (non-hydrogen) atoms. The Morgan fingerprint density at radius 2 is 2.04 bits per heavy atom. The Kier molecular flexibility index (Phi) is 6.96. The van der Waals surface area contributed by atoms with Crippen LogP contribution in [-0.2, 0) is 9.59 Å². The molecule has 0 aromatic heterocycles. The van der Waals surface area contributed by atoms with E-state index in [2.05, 4.69) is 26.6 Å². The predicted octanol–water partition coefficient (Wildman–Crippen LogP) is 4.29. The first-order valence-electron chi connectivity index (χ1n) is 8.82. The Morgan fingerprint density at radius 3 is 2.79 bits per heavy atom. The van der Waals surface area contributed by atoms with E-state index in [0.717, 1.165) is 15.8 Å². The van der Waals surface area contributed by atoms with Gasteiger partial charge in [0.1, 0.15) is 11.6 Å². The molecule has 0 bridgehead atoms. The van der Waals surface area contributed by atoms with Gasteiger partial charge in [-0.1, -0.05) is 15.9 Å². The highest BCUT2D eigenvalue weighted by atomic mass is 79.9. The molecule has 2 aromatic carbocycles. The van der Waals surface area contributed by atoms with Gasteiger partial charge in [-0.15, -0.1) is 11.8 Å². The van der Waals surface area contributed by atoms with Crippen LogP contribution in [0.3, 0.4) is 0 Å². The summed E-state index contributed by atoms with van der Waals surface area (Å²) in [5, 5.41) is 5.34. The predicted molar refractivity (Wildman–Crippen MR) is 112 cm³/mol. The van der Waals surface area contributed by atoms with Crippen molar-refractivity contribution < 1.29 is 18.7 Å². The molecule has 8 heteroatoms. The Balaban J connectivity index is 1.50. The SMILES string of the molecule is CC(SCC(=O)Nc1ccc(F)cc1)C(=O)NC1CCOc2ccc(Br)cc21. The van der Waals surface area contributed by atoms with Gasteiger partial charge in [0.05, 0.1) is 23.7 Å². The zero-order chi connectivity index (χ0) is 20.1. The summed E-state index contributed by atoms with van der Waals surface area (Å²) in [5.74, 6) is 0.175. The van der Waals surface area contributed by atoms with Crippen LogP contribution in [0.2, 0.25) is 0 Å². The van der Waals surface area contributed by atoms with Crippen LogP contribution in [0.4, 0.5) is 10.1 Å². The normalized spacial score (nSPS) is 16.5. The second-order valence-electron chi connectivity index (χ2n) is 6.39. The molecule has 2 aromatic rings. The van der Waals surface area contributed by atoms with Crippen LogP contribution in [0.1, 0.15) is 24.9 Å². The summed E-state index contributed by atoms with van der Waals surface area (Å²) in [7, 11) is 0. The van der Waals surface area contributed by atoms with Crippen molar-refractivity contribution in [1.29, 1.82) is 0 Å². The summed E-state index contributed by atoms with van der Waals surface area (Å²) in [6, 6.07) is 11.2. The molecule has 2 atom stereocenters. The van der Waals surface area contributed by atoms with Crippen LogP contribution in [0, 0.1) is 5.82 Å². The Morgan fingerprint density at radius 1 is 1.29 bits per heavy atom. The summed E-state index contributed by atoms with van der Waals surface area (Å²) in [6.07, 6.45) is 0.692. The third kappa shape index (κ3) is 5.48. The molecule has 0 radical (unpaired) electrons. The number of ether oxygens (including phenoxy) is 1. The first-order valence-corrected chi connectivity index (χ1v) is 10.7. The molecular weight excluding hydrogens is 447 g/mol. The Hall–Kier alpha value is -2.06. The van der Waals surface area contributed by atoms with Gasteiger partial charge in [-0.05, 0) is 49.4 Å². The fourth-order valence-electron chi connectivity index (χ4n) is 2.81. The van der Waals surface area contributed by atoms with Crippen molar-refractivity contribution in [2.24, 2.45) is 0 Å². The van der Waals surface area contributed by atoms with E-state index in [1.807, 2.05) is 18.2 Å². The number of hydrogen-bond donors (Lipinski definition) is 2. The number of fused-ring (bicyclic) bond motifs is 1. The summed E-state index contributed by atoms with van der Waals surface area (Å²) < 4.78 is 19.5. The van der Waals surface area contributed by atoms with Crippen LogP contribution in [0.15, 0.2) is 46.9 Å². The van der Waals surface area contributed by atoms with Gasteiger partial charge in [-0.2, -0.15) is 0 Å². The highest BCUT2D eigenvalue weighted by Crippen LogP contribution is 2.34. The van der Waals surface area contributed by atoms with Crippen LogP contribution in [0.25, 0.3) is 0 Å². The van der Waals surface area contributed by atoms with E-state index in [0.29, 0.717) is 18.7 Å². The summed E-state index contributed by atoms with van der Waals surface area (Å²) in [6.45, 7) is 2.31. The first kappa shape index (κ1) is 20.7. The number of anilines is 1. The van der Waals surface area contributed by atoms with Crippen molar-refractivity contribution in [3.05, 3.63) is 58.3 Å². The number of hydrogen-bond acceptors (Lipinski definition) is 4. The quantitative estimate of drug-likeness (QED) is 0.666. The van der Waals surface area contributed by atoms with Crippen molar-refractivity contribution >= 4 is 45.2 Å². The maximum absolute atomic E-state index is 12.9. The molecule has 2 amide bonds. The number of carbonyl (C=O) groups excluding carboxylic acids is 2. The van der Waals surface area contributed by atoms with Crippen LogP contribution in [0.5, 0.6) is 5.75 Å². The van der Waals surface area contributed by atoms with Crippen LogP contribution < -0.4 is 15.4 Å². The van der Waals surface area contributed by atoms with Crippen LogP contribution >= 0.6 is 27.7 Å². The van der Waals surface area contributed by atoms with Crippen molar-refractivity contribution in [3.63, 3.8) is 0 Å². The minimum atomic E-state index is -0.391. The van der Waals surface area contributed by atoms with E-state index < -0.39 is 5.25 Å². The zero-order valence-corrected chi connectivity index (χ0v) is 17.6. The van der Waals surface area contributed by atoms with E-state index in [4.69, 9.17) is 4.74 Å². The first-order chi connectivity index (χ1) is 13.4. The molecule has 2 unspecified atom stereocenters. The molecule has 1 aliphatic rings. The average Bonchev–Trinajstić information content (AvgIpc) is 2.68. The van der Waals surface area contributed by atoms with E-state index in [1.165, 1.54) is 36.0 Å². The highest BCUT2D eigenvalue weighted by Gasteiger charge is 2.25. The van der Waals surface area contributed by atoms with Crippen molar-refractivity contribution in [1.82, 2.24) is 5.32 Å². The summed E-state index contributed by atoms with van der Waals surface area (Å²) >= 11 is 4.70. The smallest absolute Gasteiger partial charge is 0.234 e. The summed E-state index contributed by atoms with van der Waals surface area (Å²) in [4.78, 5) is 24.6. The lowest BCUT2D eigenvalue weighted by atomic mass is 10.0. The highest BCUT2D eigenvalue weighted by molar-refractivity contribution is 9.10. The van der Waals surface area contributed by atoms with Gasteiger partial charge in [-0.25, -0.2) is 4.39 Å². The largest absolute Gasteiger partial charge is 0.493 e. The number of halogens is 2. The molecule has 0 saturated carbocycles. The number of thioether (sulfide) groups is 1. The van der Waals surface area contributed by atoms with E-state index in [-0.39, 0.29) is 29.4 Å². The minimum Gasteiger partial charge on any atom is -0.493 e.